The number of hydrogen-bond acceptors (Lipinski definition) is 4. The van der Waals surface area contributed by atoms with Crippen LogP contribution in [-0.4, -0.2) is 79.1 Å². The molecule has 3 heterocycles. The molecule has 4 rings (SSSR count). The maximum atomic E-state index is 12.5. The summed E-state index contributed by atoms with van der Waals surface area (Å²) in [6, 6.07) is 12.4. The van der Waals surface area contributed by atoms with Gasteiger partial charge in [-0.15, -0.1) is 24.0 Å². The van der Waals surface area contributed by atoms with Gasteiger partial charge in [-0.1, -0.05) is 24.3 Å². The minimum absolute atomic E-state index is 0. The van der Waals surface area contributed by atoms with Crippen molar-refractivity contribution in [2.24, 2.45) is 4.99 Å². The molecule has 1 aromatic carbocycles. The molecule has 1 amide bonds. The lowest BCUT2D eigenvalue weighted by molar-refractivity contribution is -0.142. The number of nitrogens with zero attached hydrogens (tertiary/aromatic N) is 4. The summed E-state index contributed by atoms with van der Waals surface area (Å²) in [7, 11) is 1.81. The molecule has 0 bridgehead atoms. The van der Waals surface area contributed by atoms with Crippen LogP contribution in [0.25, 0.3) is 10.9 Å². The highest BCUT2D eigenvalue weighted by atomic mass is 127. The van der Waals surface area contributed by atoms with Gasteiger partial charge in [0, 0.05) is 63.9 Å². The van der Waals surface area contributed by atoms with Gasteiger partial charge < -0.3 is 19.9 Å². The summed E-state index contributed by atoms with van der Waals surface area (Å²) in [6.45, 7) is 4.47. The molecule has 1 unspecified atom stereocenters. The molecule has 1 N–H and O–H groups in total. The highest BCUT2D eigenvalue weighted by molar-refractivity contribution is 14.0. The predicted octanol–water partition coefficient (Wildman–Crippen LogP) is 2.29. The van der Waals surface area contributed by atoms with Gasteiger partial charge in [0.15, 0.2) is 5.96 Å². The van der Waals surface area contributed by atoms with Crippen LogP contribution in [0.2, 0.25) is 0 Å². The average molecular weight is 523 g/mol. The van der Waals surface area contributed by atoms with E-state index in [1.165, 1.54) is 0 Å². The number of fused-ring (bicyclic) bond motifs is 1. The number of nitrogens with one attached hydrogen (secondary N) is 1. The number of benzene rings is 1. The zero-order valence-electron chi connectivity index (χ0n) is 17.4. The molecule has 2 aliphatic heterocycles. The van der Waals surface area contributed by atoms with Gasteiger partial charge in [0.05, 0.1) is 5.52 Å². The van der Waals surface area contributed by atoms with Crippen molar-refractivity contribution in [1.82, 2.24) is 20.1 Å². The lowest BCUT2D eigenvalue weighted by atomic mass is 10.2. The third-order valence-electron chi connectivity index (χ3n) is 5.63. The minimum Gasteiger partial charge on any atom is -0.368 e. The molecule has 2 saturated heterocycles. The van der Waals surface area contributed by atoms with E-state index >= 15 is 0 Å². The number of carbonyl (C=O) groups is 1. The number of halogens is 1. The Kier molecular flexibility index (Phi) is 8.26. The van der Waals surface area contributed by atoms with Gasteiger partial charge in [-0.25, -0.2) is 0 Å². The lowest BCUT2D eigenvalue weighted by Crippen LogP contribution is -2.55. The Morgan fingerprint density at radius 3 is 2.67 bits per heavy atom. The van der Waals surface area contributed by atoms with Crippen molar-refractivity contribution in [2.45, 2.75) is 25.4 Å². The quantitative estimate of drug-likeness (QED) is 0.379. The fourth-order valence-electron chi connectivity index (χ4n) is 4.00. The van der Waals surface area contributed by atoms with Gasteiger partial charge in [0.1, 0.15) is 6.10 Å². The van der Waals surface area contributed by atoms with Crippen LogP contribution >= 0.6 is 24.0 Å². The first-order valence-electron chi connectivity index (χ1n) is 10.5. The van der Waals surface area contributed by atoms with Gasteiger partial charge in [-0.2, -0.15) is 0 Å². The molecule has 2 fully saturated rings. The Bertz CT molecular complexity index is 877. The summed E-state index contributed by atoms with van der Waals surface area (Å²) in [5, 5.41) is 4.61. The molecule has 0 radical (unpaired) electrons. The first-order chi connectivity index (χ1) is 14.2. The highest BCUT2D eigenvalue weighted by Crippen LogP contribution is 2.16. The van der Waals surface area contributed by atoms with Crippen molar-refractivity contribution in [3.8, 4) is 0 Å². The van der Waals surface area contributed by atoms with E-state index < -0.39 is 0 Å². The summed E-state index contributed by atoms with van der Waals surface area (Å²) in [4.78, 5) is 25.8. The number of hydrogen-bond donors (Lipinski definition) is 1. The Labute approximate surface area is 194 Å². The molecule has 8 heteroatoms. The fraction of sp³-hybridized carbons (Fsp3) is 0.500. The molecule has 162 valence electrons. The predicted molar refractivity (Wildman–Crippen MR) is 129 cm³/mol. The molecular formula is C22H30IN5O2. The number of carbonyl (C=O) groups excluding carboxylic acids is 1. The number of guanidine groups is 1. The summed E-state index contributed by atoms with van der Waals surface area (Å²) in [5.41, 5.74) is 2.10. The number of amides is 1. The van der Waals surface area contributed by atoms with Gasteiger partial charge >= 0.3 is 0 Å². The van der Waals surface area contributed by atoms with Crippen molar-refractivity contribution in [3.05, 3.63) is 42.1 Å². The SMILES string of the molecule is CN=C(NCCc1ccc2ccccc2n1)N1CCN(C(=O)C2CCCO2)CC1.I. The largest absolute Gasteiger partial charge is 0.368 e. The van der Waals surface area contributed by atoms with E-state index in [0.29, 0.717) is 19.7 Å². The maximum absolute atomic E-state index is 12.5. The second-order valence-corrected chi connectivity index (χ2v) is 7.53. The second-order valence-electron chi connectivity index (χ2n) is 7.53. The molecule has 1 atom stereocenters. The topological polar surface area (TPSA) is 70.1 Å². The third-order valence-corrected chi connectivity index (χ3v) is 5.63. The Morgan fingerprint density at radius 2 is 1.93 bits per heavy atom. The molecule has 0 saturated carbocycles. The third kappa shape index (κ3) is 5.40. The highest BCUT2D eigenvalue weighted by Gasteiger charge is 2.30. The smallest absolute Gasteiger partial charge is 0.251 e. The molecule has 2 aromatic rings. The van der Waals surface area contributed by atoms with E-state index in [1.807, 2.05) is 23.1 Å². The number of aliphatic imine (C=N–C) groups is 1. The standard InChI is InChI=1S/C22H29N5O2.HI/c1-23-22(24-11-10-18-9-8-17-5-2-3-6-19(17)25-18)27-14-12-26(13-15-27)21(28)20-7-4-16-29-20;/h2-3,5-6,8-9,20H,4,7,10-16H2,1H3,(H,23,24);1H. The van der Waals surface area contributed by atoms with Crippen molar-refractivity contribution in [3.63, 3.8) is 0 Å². The first-order valence-corrected chi connectivity index (χ1v) is 10.5. The molecule has 30 heavy (non-hydrogen) atoms. The zero-order chi connectivity index (χ0) is 20.1. The van der Waals surface area contributed by atoms with E-state index in [2.05, 4.69) is 33.4 Å². The number of para-hydroxylation sites is 1. The summed E-state index contributed by atoms with van der Waals surface area (Å²) in [6.07, 6.45) is 2.44. The van der Waals surface area contributed by atoms with Crippen LogP contribution in [0.4, 0.5) is 0 Å². The van der Waals surface area contributed by atoms with E-state index in [1.54, 1.807) is 7.05 Å². The molecule has 2 aliphatic rings. The molecule has 7 nitrogen and oxygen atoms in total. The van der Waals surface area contributed by atoms with Crippen molar-refractivity contribution in [1.29, 1.82) is 0 Å². The van der Waals surface area contributed by atoms with Gasteiger partial charge in [0.2, 0.25) is 0 Å². The zero-order valence-corrected chi connectivity index (χ0v) is 19.7. The summed E-state index contributed by atoms with van der Waals surface area (Å²) in [5.74, 6) is 1.03. The molecule has 1 aromatic heterocycles. The van der Waals surface area contributed by atoms with E-state index in [9.17, 15) is 4.79 Å². The minimum atomic E-state index is -0.228. The number of aromatic nitrogens is 1. The van der Waals surface area contributed by atoms with Gasteiger partial charge in [-0.3, -0.25) is 14.8 Å². The second kappa shape index (κ2) is 10.9. The molecule has 0 aliphatic carbocycles. The number of piperazine rings is 1. The maximum Gasteiger partial charge on any atom is 0.251 e. The first kappa shape index (κ1) is 22.7. The normalized spacial score (nSPS) is 19.6. The lowest BCUT2D eigenvalue weighted by Gasteiger charge is -2.37. The number of pyridine rings is 1. The van der Waals surface area contributed by atoms with Crippen molar-refractivity contribution in [2.75, 3.05) is 46.4 Å². The number of rotatable bonds is 4. The average Bonchev–Trinajstić information content (AvgIpc) is 3.31. The Morgan fingerprint density at radius 1 is 1.17 bits per heavy atom. The monoisotopic (exact) mass is 523 g/mol. The Hall–Kier alpha value is -1.94. The van der Waals surface area contributed by atoms with Crippen LogP contribution in [-0.2, 0) is 16.0 Å². The van der Waals surface area contributed by atoms with E-state index in [-0.39, 0.29) is 36.0 Å². The number of ether oxygens (including phenoxy) is 1. The van der Waals surface area contributed by atoms with Crippen LogP contribution in [0.15, 0.2) is 41.4 Å². The van der Waals surface area contributed by atoms with Crippen LogP contribution in [0.1, 0.15) is 18.5 Å². The Balaban J connectivity index is 0.00000256. The van der Waals surface area contributed by atoms with Crippen molar-refractivity contribution >= 4 is 46.7 Å². The summed E-state index contributed by atoms with van der Waals surface area (Å²) < 4.78 is 5.54. The van der Waals surface area contributed by atoms with E-state index in [0.717, 1.165) is 61.5 Å². The summed E-state index contributed by atoms with van der Waals surface area (Å²) >= 11 is 0. The van der Waals surface area contributed by atoms with Crippen LogP contribution in [0.3, 0.4) is 0 Å². The molecular weight excluding hydrogens is 493 g/mol. The van der Waals surface area contributed by atoms with Crippen LogP contribution in [0.5, 0.6) is 0 Å². The van der Waals surface area contributed by atoms with Crippen LogP contribution in [0, 0.1) is 0 Å². The fourth-order valence-corrected chi connectivity index (χ4v) is 4.00. The van der Waals surface area contributed by atoms with Crippen molar-refractivity contribution < 1.29 is 9.53 Å². The van der Waals surface area contributed by atoms with Gasteiger partial charge in [-0.05, 0) is 25.0 Å². The van der Waals surface area contributed by atoms with Gasteiger partial charge in [0.25, 0.3) is 5.91 Å². The van der Waals surface area contributed by atoms with E-state index in [4.69, 9.17) is 9.72 Å². The van der Waals surface area contributed by atoms with Crippen LogP contribution < -0.4 is 5.32 Å². The molecule has 0 spiro atoms.